The largest absolute Gasteiger partial charge is 0.481 e. The van der Waals surface area contributed by atoms with Gasteiger partial charge in [0.15, 0.2) is 6.10 Å². The van der Waals surface area contributed by atoms with Crippen LogP contribution < -0.4 is 0 Å². The Balaban J connectivity index is 3.63. The van der Waals surface area contributed by atoms with E-state index in [1.165, 1.54) is 0 Å². The smallest absolute Gasteiger partial charge is 0.333 e. The zero-order valence-electron chi connectivity index (χ0n) is 4.44. The van der Waals surface area contributed by atoms with Crippen molar-refractivity contribution in [3.8, 4) is 0 Å². The van der Waals surface area contributed by atoms with E-state index in [1.54, 1.807) is 0 Å². The van der Waals surface area contributed by atoms with Crippen LogP contribution in [0, 0.1) is 0 Å². The van der Waals surface area contributed by atoms with Crippen molar-refractivity contribution in [2.45, 2.75) is 12.5 Å². The molecule has 5 nitrogen and oxygen atoms in total. The number of hydrogen-bond acceptors (Lipinski definition) is 3. The highest BCUT2D eigenvalue weighted by Gasteiger charge is 2.16. The van der Waals surface area contributed by atoms with Gasteiger partial charge >= 0.3 is 11.9 Å². The van der Waals surface area contributed by atoms with Crippen molar-refractivity contribution < 1.29 is 24.9 Å². The van der Waals surface area contributed by atoms with Crippen LogP contribution in [0.15, 0.2) is 0 Å². The molecule has 1 unspecified atom stereocenters. The Hall–Kier alpha value is -1.10. The van der Waals surface area contributed by atoms with Gasteiger partial charge in [-0.3, -0.25) is 4.79 Å². The highest BCUT2D eigenvalue weighted by molar-refractivity contribution is 5.79. The molecule has 0 aromatic heterocycles. The van der Waals surface area contributed by atoms with Crippen LogP contribution in [0.3, 0.4) is 0 Å². The SMILES string of the molecule is O=[13C](O)[13CH2][13CH](O)[13C](=O)O. The highest BCUT2D eigenvalue weighted by atomic mass is 16.5. The fourth-order valence-electron chi connectivity index (χ4n) is 0.253. The van der Waals surface area contributed by atoms with Crippen molar-refractivity contribution >= 4 is 11.9 Å². The minimum atomic E-state index is -1.79. The van der Waals surface area contributed by atoms with Crippen LogP contribution in [0.5, 0.6) is 0 Å². The Kier molecular flexibility index (Phi) is 2.66. The molecule has 0 rings (SSSR count). The first-order chi connectivity index (χ1) is 4.04. The summed E-state index contributed by atoms with van der Waals surface area (Å²) in [6.45, 7) is 0. The van der Waals surface area contributed by atoms with E-state index < -0.39 is 24.5 Å². The van der Waals surface area contributed by atoms with Gasteiger partial charge in [-0.1, -0.05) is 0 Å². The molecule has 52 valence electrons. The van der Waals surface area contributed by atoms with E-state index in [1.807, 2.05) is 0 Å². The van der Waals surface area contributed by atoms with E-state index in [4.69, 9.17) is 15.3 Å². The number of aliphatic hydroxyl groups excluding tert-OH is 1. The zero-order chi connectivity index (χ0) is 7.44. The van der Waals surface area contributed by atoms with Crippen LogP contribution in [0.1, 0.15) is 6.42 Å². The van der Waals surface area contributed by atoms with E-state index in [2.05, 4.69) is 0 Å². The monoisotopic (exact) mass is 138 g/mol. The van der Waals surface area contributed by atoms with Crippen molar-refractivity contribution in [2.75, 3.05) is 0 Å². The van der Waals surface area contributed by atoms with Crippen molar-refractivity contribution in [3.63, 3.8) is 0 Å². The second-order valence-electron chi connectivity index (χ2n) is 1.45. The van der Waals surface area contributed by atoms with Crippen LogP contribution >= 0.6 is 0 Å². The van der Waals surface area contributed by atoms with E-state index >= 15 is 0 Å². The molecule has 0 spiro atoms. The molecule has 0 saturated carbocycles. The molecule has 3 N–H and O–H groups in total. The molecular weight excluding hydrogens is 132 g/mol. The number of carboxylic acid groups (broad SMARTS) is 2. The summed E-state index contributed by atoms with van der Waals surface area (Å²) in [7, 11) is 0. The van der Waals surface area contributed by atoms with E-state index in [0.29, 0.717) is 0 Å². The van der Waals surface area contributed by atoms with E-state index in [-0.39, 0.29) is 0 Å². The predicted molar refractivity (Wildman–Crippen MR) is 25.9 cm³/mol. The maximum Gasteiger partial charge on any atom is 0.333 e. The summed E-state index contributed by atoms with van der Waals surface area (Å²) in [5.41, 5.74) is 0. The summed E-state index contributed by atoms with van der Waals surface area (Å²) in [5.74, 6) is -2.85. The fraction of sp³-hybridized carbons (Fsp3) is 0.500. The van der Waals surface area contributed by atoms with Crippen LogP contribution in [-0.4, -0.2) is 33.4 Å². The number of hydrogen-bond donors (Lipinski definition) is 3. The molecule has 0 heterocycles. The summed E-state index contributed by atoms with van der Waals surface area (Å²) in [6.07, 6.45) is -2.54. The van der Waals surface area contributed by atoms with Gasteiger partial charge in [-0.05, 0) is 0 Å². The number of aliphatic carboxylic acids is 2. The van der Waals surface area contributed by atoms with Gasteiger partial charge in [0.05, 0.1) is 6.42 Å². The molecule has 9 heavy (non-hydrogen) atoms. The standard InChI is InChI=1S/C4H6O5/c5-2(4(8)9)1-3(6)7/h2,5H,1H2,(H,6,7)(H,8,9)/i1+1,2+1,3+1,4+1. The summed E-state index contributed by atoms with van der Waals surface area (Å²) < 4.78 is 0. The summed E-state index contributed by atoms with van der Waals surface area (Å²) in [4.78, 5) is 19.4. The molecule has 0 aromatic rings. The number of carboxylic acids is 2. The average molecular weight is 138 g/mol. The normalized spacial score (nSPS) is 12.6. The minimum Gasteiger partial charge on any atom is -0.481 e. The highest BCUT2D eigenvalue weighted by Crippen LogP contribution is 1.89. The van der Waals surface area contributed by atoms with Crippen LogP contribution in [-0.2, 0) is 9.59 Å². The third-order valence-corrected chi connectivity index (χ3v) is 0.653. The van der Waals surface area contributed by atoms with Crippen LogP contribution in [0.25, 0.3) is 0 Å². The van der Waals surface area contributed by atoms with Crippen molar-refractivity contribution in [3.05, 3.63) is 0 Å². The molecule has 0 amide bonds. The van der Waals surface area contributed by atoms with E-state index in [0.717, 1.165) is 0 Å². The molecule has 0 aliphatic carbocycles. The summed E-state index contributed by atoms with van der Waals surface area (Å²) >= 11 is 0. The first-order valence-corrected chi connectivity index (χ1v) is 2.16. The maximum absolute atomic E-state index is 9.72. The molecule has 0 aliphatic rings. The molecule has 0 bridgehead atoms. The topological polar surface area (TPSA) is 94.8 Å². The quantitative estimate of drug-likeness (QED) is 0.430. The lowest BCUT2D eigenvalue weighted by Crippen LogP contribution is -2.22. The Morgan fingerprint density at radius 3 is 1.89 bits per heavy atom. The third-order valence-electron chi connectivity index (χ3n) is 0.653. The third kappa shape index (κ3) is 3.48. The van der Waals surface area contributed by atoms with Gasteiger partial charge in [-0.15, -0.1) is 0 Å². The van der Waals surface area contributed by atoms with Gasteiger partial charge in [-0.2, -0.15) is 0 Å². The van der Waals surface area contributed by atoms with Gasteiger partial charge in [0.2, 0.25) is 0 Å². The number of rotatable bonds is 3. The molecule has 0 aliphatic heterocycles. The van der Waals surface area contributed by atoms with Gasteiger partial charge in [0.25, 0.3) is 0 Å². The average Bonchev–Trinajstić information content (AvgIpc) is 1.63. The van der Waals surface area contributed by atoms with Crippen molar-refractivity contribution in [2.24, 2.45) is 0 Å². The molecular formula is C4H6O5. The Morgan fingerprint density at radius 1 is 1.33 bits per heavy atom. The van der Waals surface area contributed by atoms with Gasteiger partial charge < -0.3 is 15.3 Å². The Labute approximate surface area is 50.5 Å². The lowest BCUT2D eigenvalue weighted by atomic mass is 11.2. The molecule has 0 saturated heterocycles. The first-order valence-electron chi connectivity index (χ1n) is 2.16. The van der Waals surface area contributed by atoms with Gasteiger partial charge in [0, 0.05) is 0 Å². The molecule has 5 heteroatoms. The van der Waals surface area contributed by atoms with Crippen molar-refractivity contribution in [1.29, 1.82) is 0 Å². The predicted octanol–water partition coefficient (Wildman–Crippen LogP) is -1.09. The number of carbonyl (C=O) groups is 2. The van der Waals surface area contributed by atoms with Gasteiger partial charge in [-0.25, -0.2) is 4.79 Å². The van der Waals surface area contributed by atoms with Crippen LogP contribution in [0.4, 0.5) is 0 Å². The van der Waals surface area contributed by atoms with Crippen LogP contribution in [0.2, 0.25) is 0 Å². The summed E-state index contributed by atoms with van der Waals surface area (Å²) in [6, 6.07) is 0. The second kappa shape index (κ2) is 3.03. The Morgan fingerprint density at radius 2 is 1.78 bits per heavy atom. The summed E-state index contributed by atoms with van der Waals surface area (Å²) in [5, 5.41) is 24.1. The second-order valence-corrected chi connectivity index (χ2v) is 1.45. The lowest BCUT2D eigenvalue weighted by Gasteiger charge is -1.97. The molecule has 0 aromatic carbocycles. The van der Waals surface area contributed by atoms with Gasteiger partial charge in [0.1, 0.15) is 0 Å². The molecule has 0 fully saturated rings. The van der Waals surface area contributed by atoms with Crippen molar-refractivity contribution in [1.82, 2.24) is 0 Å². The zero-order valence-corrected chi connectivity index (χ0v) is 4.44. The van der Waals surface area contributed by atoms with E-state index in [9.17, 15) is 9.59 Å². The molecule has 0 radical (unpaired) electrons. The molecule has 1 atom stereocenters. The first kappa shape index (κ1) is 7.90. The Bertz CT molecular complexity index is 129. The number of aliphatic hydroxyl groups is 1. The lowest BCUT2D eigenvalue weighted by molar-refractivity contribution is -0.152. The maximum atomic E-state index is 9.72. The fourth-order valence-corrected chi connectivity index (χ4v) is 0.253. The minimum absolute atomic E-state index is 0.755.